The van der Waals surface area contributed by atoms with Crippen LogP contribution in [0.5, 0.6) is 0 Å². The van der Waals surface area contributed by atoms with E-state index in [1.165, 1.54) is 19.3 Å². The van der Waals surface area contributed by atoms with Crippen LogP contribution in [0.15, 0.2) is 43.6 Å². The van der Waals surface area contributed by atoms with Gasteiger partial charge in [-0.05, 0) is 0 Å². The van der Waals surface area contributed by atoms with Crippen LogP contribution in [-0.4, -0.2) is 20.7 Å². The fraction of sp³-hybridized carbons (Fsp3) is 0.652. The van der Waals surface area contributed by atoms with Crippen molar-refractivity contribution >= 4 is 23.5 Å². The molecular formula is C23H35Cl2OS2Ti. The number of halogens is 2. The van der Waals surface area contributed by atoms with Crippen molar-refractivity contribution in [3.05, 3.63) is 43.6 Å². The van der Waals surface area contributed by atoms with Crippen LogP contribution in [0, 0.1) is 0 Å². The minimum atomic E-state index is -0.380. The summed E-state index contributed by atoms with van der Waals surface area (Å²) in [4.78, 5) is 2.71. The quantitative estimate of drug-likeness (QED) is 0.532. The molecule has 2 aliphatic rings. The van der Waals surface area contributed by atoms with Crippen LogP contribution in [0.25, 0.3) is 0 Å². The van der Waals surface area contributed by atoms with E-state index in [-0.39, 0.29) is 45.5 Å². The number of thioether (sulfide) groups is 2. The standard InChI is InChI=1S/C23H35OS2.2ClH.Ti/c1-20(2,3)24-23(17-12-10-11-13-17)15-14-18(25-21(4,5)6)16-19(23)26-22(7,8)9;;;/h10,12,14,16H,11,15H2,1-9H3;2*1H;/q;;;+2/p-2. The predicted molar refractivity (Wildman–Crippen MR) is 120 cm³/mol. The molecule has 0 saturated heterocycles. The fourth-order valence-corrected chi connectivity index (χ4v) is 6.31. The minimum Gasteiger partial charge on any atom is -1.00 e. The van der Waals surface area contributed by atoms with Crippen molar-refractivity contribution in [1.82, 2.24) is 0 Å². The molecule has 29 heavy (non-hydrogen) atoms. The molecule has 2 rings (SSSR count). The topological polar surface area (TPSA) is 9.23 Å². The van der Waals surface area contributed by atoms with Crippen molar-refractivity contribution in [1.29, 1.82) is 0 Å². The number of rotatable bonds is 4. The molecule has 0 fully saturated rings. The van der Waals surface area contributed by atoms with E-state index in [4.69, 9.17) is 4.74 Å². The first-order chi connectivity index (χ1) is 12.1. The molecule has 2 aliphatic carbocycles. The molecule has 1 nitrogen and oxygen atoms in total. The Morgan fingerprint density at radius 3 is 1.90 bits per heavy atom. The molecule has 0 aromatic heterocycles. The third-order valence-corrected chi connectivity index (χ3v) is 7.10. The Labute approximate surface area is 211 Å². The van der Waals surface area contributed by atoms with E-state index in [0.717, 1.165) is 12.8 Å². The van der Waals surface area contributed by atoms with Gasteiger partial charge in [0.15, 0.2) is 0 Å². The second-order valence-corrected chi connectivity index (χ2v) is 15.0. The molecule has 0 saturated carbocycles. The second kappa shape index (κ2) is 10.7. The average Bonchev–Trinajstić information content (AvgIpc) is 2.84. The molecule has 0 aromatic rings. The monoisotopic (exact) mass is 509 g/mol. The van der Waals surface area contributed by atoms with E-state index >= 15 is 0 Å². The van der Waals surface area contributed by atoms with Gasteiger partial charge in [-0.25, -0.2) is 0 Å². The molecule has 0 bridgehead atoms. The van der Waals surface area contributed by atoms with Gasteiger partial charge in [-0.1, -0.05) is 0 Å². The molecule has 163 valence electrons. The summed E-state index contributed by atoms with van der Waals surface area (Å²) in [5.41, 5.74) is 0.760. The Bertz CT molecular complexity index is 704. The maximum absolute atomic E-state index is 6.91. The summed E-state index contributed by atoms with van der Waals surface area (Å²) in [6, 6.07) is 0. The van der Waals surface area contributed by atoms with Gasteiger partial charge in [-0.2, -0.15) is 0 Å². The second-order valence-electron chi connectivity index (χ2n) is 10.3. The van der Waals surface area contributed by atoms with Crippen LogP contribution in [0.2, 0.25) is 0 Å². The number of ether oxygens (including phenoxy) is 1. The summed E-state index contributed by atoms with van der Waals surface area (Å²) in [6.07, 6.45) is 11.3. The zero-order chi connectivity index (χ0) is 20.7. The predicted octanol–water partition coefficient (Wildman–Crippen LogP) is 1.54. The van der Waals surface area contributed by atoms with E-state index in [1.54, 1.807) is 0 Å². The van der Waals surface area contributed by atoms with Gasteiger partial charge in [0, 0.05) is 0 Å². The van der Waals surface area contributed by atoms with E-state index in [9.17, 15) is 0 Å². The fourth-order valence-electron chi connectivity index (χ4n) is 3.31. The summed E-state index contributed by atoms with van der Waals surface area (Å²) in [5.74, 6) is 0. The molecule has 0 spiro atoms. The van der Waals surface area contributed by atoms with Gasteiger partial charge in [0.1, 0.15) is 0 Å². The van der Waals surface area contributed by atoms with Crippen molar-refractivity contribution in [3.63, 3.8) is 0 Å². The van der Waals surface area contributed by atoms with Gasteiger partial charge in [0.25, 0.3) is 0 Å². The molecule has 0 radical (unpaired) electrons. The van der Waals surface area contributed by atoms with Crippen LogP contribution >= 0.6 is 23.5 Å². The summed E-state index contributed by atoms with van der Waals surface area (Å²) >= 11 is 6.16. The van der Waals surface area contributed by atoms with Gasteiger partial charge >= 0.3 is 188 Å². The largest absolute Gasteiger partial charge is 1.00 e. The first kappa shape index (κ1) is 29.9. The number of allylic oxidation sites excluding steroid dienone is 3. The third-order valence-electron chi connectivity index (χ3n) is 3.95. The SMILES string of the molecule is CC(C)(C)OC1(C2=[C]([Ti+2])CC=C2)CC=C(SC(C)(C)C)C=C1SC(C)(C)C.[Cl-].[Cl-]. The van der Waals surface area contributed by atoms with Gasteiger partial charge in [0.2, 0.25) is 0 Å². The smallest absolute Gasteiger partial charge is 1.00 e. The van der Waals surface area contributed by atoms with Crippen LogP contribution in [0.4, 0.5) is 0 Å². The molecule has 0 aliphatic heterocycles. The molecule has 1 unspecified atom stereocenters. The van der Waals surface area contributed by atoms with E-state index in [1.807, 2.05) is 23.5 Å². The molecular weight excluding hydrogens is 475 g/mol. The Morgan fingerprint density at radius 1 is 0.931 bits per heavy atom. The molecule has 0 aromatic carbocycles. The van der Waals surface area contributed by atoms with Crippen LogP contribution in [0.3, 0.4) is 0 Å². The first-order valence-electron chi connectivity index (χ1n) is 9.74. The Morgan fingerprint density at radius 2 is 1.48 bits per heavy atom. The Kier molecular flexibility index (Phi) is 11.0. The number of hydrogen-bond acceptors (Lipinski definition) is 3. The maximum Gasteiger partial charge on any atom is -1.00 e. The normalized spacial score (nSPS) is 22.7. The molecule has 0 amide bonds. The van der Waals surface area contributed by atoms with E-state index < -0.39 is 0 Å². The van der Waals surface area contributed by atoms with E-state index in [0.29, 0.717) is 0 Å². The summed E-state index contributed by atoms with van der Waals surface area (Å²) in [7, 11) is 0. The van der Waals surface area contributed by atoms with Crippen LogP contribution in [0.1, 0.15) is 75.2 Å². The van der Waals surface area contributed by atoms with Crippen molar-refractivity contribution in [2.75, 3.05) is 0 Å². The third kappa shape index (κ3) is 8.75. The summed E-state index contributed by atoms with van der Waals surface area (Å²) in [5, 5.41) is 0. The van der Waals surface area contributed by atoms with Crippen LogP contribution < -0.4 is 24.8 Å². The molecule has 1 atom stereocenters. The minimum absolute atomic E-state index is 0. The van der Waals surface area contributed by atoms with Gasteiger partial charge in [0.05, 0.1) is 0 Å². The van der Waals surface area contributed by atoms with Gasteiger partial charge < -0.3 is 24.8 Å². The molecule has 6 heteroatoms. The van der Waals surface area contributed by atoms with Crippen molar-refractivity contribution in [3.8, 4) is 0 Å². The zero-order valence-corrected chi connectivity index (χ0v) is 23.9. The summed E-state index contributed by atoms with van der Waals surface area (Å²) < 4.78 is 8.67. The summed E-state index contributed by atoms with van der Waals surface area (Å²) in [6.45, 7) is 20.2. The Hall–Kier alpha value is 0.914. The maximum atomic E-state index is 6.91. The van der Waals surface area contributed by atoms with Crippen molar-refractivity contribution < 1.29 is 50.0 Å². The molecule has 0 N–H and O–H groups in total. The zero-order valence-electron chi connectivity index (χ0n) is 19.2. The van der Waals surface area contributed by atoms with Gasteiger partial charge in [-0.15, -0.1) is 0 Å². The molecule has 0 heterocycles. The van der Waals surface area contributed by atoms with Crippen molar-refractivity contribution in [2.24, 2.45) is 0 Å². The van der Waals surface area contributed by atoms with Crippen molar-refractivity contribution in [2.45, 2.75) is 95.9 Å². The average molecular weight is 510 g/mol. The van der Waals surface area contributed by atoms with Crippen LogP contribution in [-0.2, 0) is 25.2 Å². The van der Waals surface area contributed by atoms with Gasteiger partial charge in [-0.3, -0.25) is 0 Å². The first-order valence-corrected chi connectivity index (χ1v) is 12.2. The Balaban J connectivity index is 0.00000392. The number of hydrogen-bond donors (Lipinski definition) is 0. The van der Waals surface area contributed by atoms with E-state index in [2.05, 4.69) is 107 Å².